The molecule has 7 nitrogen and oxygen atoms in total. The van der Waals surface area contributed by atoms with Crippen LogP contribution in [0, 0.1) is 0 Å². The first-order valence-electron chi connectivity index (χ1n) is 6.06. The van der Waals surface area contributed by atoms with Gasteiger partial charge in [-0.25, -0.2) is 9.78 Å². The molecule has 2 heterocycles. The van der Waals surface area contributed by atoms with Crippen LogP contribution in [0.1, 0.15) is 23.7 Å². The summed E-state index contributed by atoms with van der Waals surface area (Å²) in [5.74, 6) is 0.0170. The third-order valence-electron chi connectivity index (χ3n) is 2.76. The summed E-state index contributed by atoms with van der Waals surface area (Å²) in [6.07, 6.45) is 1.79. The van der Waals surface area contributed by atoms with Crippen molar-refractivity contribution in [1.29, 1.82) is 0 Å². The van der Waals surface area contributed by atoms with E-state index in [4.69, 9.17) is 10.5 Å². The van der Waals surface area contributed by atoms with Gasteiger partial charge in [0, 0.05) is 13.0 Å². The molecule has 1 atom stereocenters. The van der Waals surface area contributed by atoms with Gasteiger partial charge in [0.2, 0.25) is 5.91 Å². The van der Waals surface area contributed by atoms with E-state index in [9.17, 15) is 9.59 Å². The van der Waals surface area contributed by atoms with E-state index >= 15 is 0 Å². The minimum atomic E-state index is -0.480. The second-order valence-electron chi connectivity index (χ2n) is 4.23. The van der Waals surface area contributed by atoms with Crippen LogP contribution < -0.4 is 16.4 Å². The van der Waals surface area contributed by atoms with Crippen molar-refractivity contribution in [3.05, 3.63) is 17.8 Å². The van der Waals surface area contributed by atoms with E-state index in [1.54, 1.807) is 6.92 Å². The third kappa shape index (κ3) is 3.12. The summed E-state index contributed by atoms with van der Waals surface area (Å²) in [6.45, 7) is 2.55. The van der Waals surface area contributed by atoms with Crippen molar-refractivity contribution in [2.45, 2.75) is 19.4 Å². The van der Waals surface area contributed by atoms with E-state index in [0.717, 1.165) is 0 Å². The first-order valence-corrected chi connectivity index (χ1v) is 6.06. The van der Waals surface area contributed by atoms with Gasteiger partial charge >= 0.3 is 5.97 Å². The zero-order chi connectivity index (χ0) is 13.8. The van der Waals surface area contributed by atoms with Gasteiger partial charge in [-0.3, -0.25) is 4.79 Å². The monoisotopic (exact) mass is 264 g/mol. The van der Waals surface area contributed by atoms with Gasteiger partial charge in [0.1, 0.15) is 5.82 Å². The molecule has 1 unspecified atom stereocenters. The van der Waals surface area contributed by atoms with Crippen molar-refractivity contribution >= 4 is 23.4 Å². The Morgan fingerprint density at radius 1 is 1.68 bits per heavy atom. The Kier molecular flexibility index (Phi) is 3.84. The first-order chi connectivity index (χ1) is 9.10. The van der Waals surface area contributed by atoms with Crippen molar-refractivity contribution < 1.29 is 14.3 Å². The number of carbonyl (C=O) groups excluding carboxylic acids is 2. The number of nitrogens with one attached hydrogen (secondary N) is 2. The summed E-state index contributed by atoms with van der Waals surface area (Å²) in [6, 6.07) is 1.51. The molecule has 102 valence electrons. The molecule has 0 saturated carbocycles. The molecule has 7 heteroatoms. The molecule has 1 fully saturated rings. The molecule has 4 N–H and O–H groups in total. The van der Waals surface area contributed by atoms with Gasteiger partial charge in [0.05, 0.1) is 30.1 Å². The maximum atomic E-state index is 11.7. The number of nitrogens with two attached hydrogens (primary N) is 1. The normalized spacial score (nSPS) is 17.9. The highest BCUT2D eigenvalue weighted by Gasteiger charge is 2.22. The largest absolute Gasteiger partial charge is 0.462 e. The second kappa shape index (κ2) is 5.55. The molecular formula is C12H16N4O3. The van der Waals surface area contributed by atoms with Crippen molar-refractivity contribution in [3.8, 4) is 0 Å². The molecule has 1 aromatic heterocycles. The van der Waals surface area contributed by atoms with Gasteiger partial charge in [-0.2, -0.15) is 0 Å². The third-order valence-corrected chi connectivity index (χ3v) is 2.76. The highest BCUT2D eigenvalue weighted by molar-refractivity contribution is 5.95. The lowest BCUT2D eigenvalue weighted by molar-refractivity contribution is -0.119. The molecule has 0 spiro atoms. The van der Waals surface area contributed by atoms with Crippen LogP contribution in [0.5, 0.6) is 0 Å². The highest BCUT2D eigenvalue weighted by Crippen LogP contribution is 2.17. The molecule has 2 rings (SSSR count). The van der Waals surface area contributed by atoms with Crippen molar-refractivity contribution in [2.75, 3.05) is 24.2 Å². The SMILES string of the molecule is CCOC(=O)c1cc(NC2CNC(=O)C2)ncc1N. The molecule has 1 amide bonds. The van der Waals surface area contributed by atoms with Gasteiger partial charge < -0.3 is 21.1 Å². The number of nitrogen functional groups attached to an aromatic ring is 1. The minimum Gasteiger partial charge on any atom is -0.462 e. The summed E-state index contributed by atoms with van der Waals surface area (Å²) in [5, 5.41) is 5.79. The van der Waals surface area contributed by atoms with Crippen LogP contribution in [0.3, 0.4) is 0 Å². The average molecular weight is 264 g/mol. The number of amides is 1. The number of esters is 1. The Hall–Kier alpha value is -2.31. The van der Waals surface area contributed by atoms with E-state index in [1.807, 2.05) is 0 Å². The Bertz CT molecular complexity index is 504. The molecule has 1 aliphatic rings. The number of hydrogen-bond acceptors (Lipinski definition) is 6. The summed E-state index contributed by atoms with van der Waals surface area (Å²) in [4.78, 5) is 26.9. The average Bonchev–Trinajstić information content (AvgIpc) is 2.77. The molecule has 0 radical (unpaired) electrons. The molecule has 1 saturated heterocycles. The Balaban J connectivity index is 2.11. The summed E-state index contributed by atoms with van der Waals surface area (Å²) < 4.78 is 4.91. The van der Waals surface area contributed by atoms with Gasteiger partial charge in [0.25, 0.3) is 0 Å². The zero-order valence-electron chi connectivity index (χ0n) is 10.6. The Labute approximate surface area is 110 Å². The van der Waals surface area contributed by atoms with Gasteiger partial charge in [0.15, 0.2) is 0 Å². The molecule has 0 bridgehead atoms. The van der Waals surface area contributed by atoms with E-state index in [1.165, 1.54) is 12.3 Å². The van der Waals surface area contributed by atoms with Gasteiger partial charge in [-0.15, -0.1) is 0 Å². The van der Waals surface area contributed by atoms with E-state index < -0.39 is 5.97 Å². The fourth-order valence-corrected chi connectivity index (χ4v) is 1.85. The van der Waals surface area contributed by atoms with Crippen LogP contribution >= 0.6 is 0 Å². The van der Waals surface area contributed by atoms with Crippen LogP contribution in [0.4, 0.5) is 11.5 Å². The number of pyridine rings is 1. The van der Waals surface area contributed by atoms with Crippen molar-refractivity contribution in [3.63, 3.8) is 0 Å². The first kappa shape index (κ1) is 13.1. The van der Waals surface area contributed by atoms with Crippen LogP contribution in [-0.2, 0) is 9.53 Å². The number of aromatic nitrogens is 1. The second-order valence-corrected chi connectivity index (χ2v) is 4.23. The van der Waals surface area contributed by atoms with Crippen molar-refractivity contribution in [2.24, 2.45) is 0 Å². The predicted molar refractivity (Wildman–Crippen MR) is 69.6 cm³/mol. The summed E-state index contributed by atoms with van der Waals surface area (Å²) >= 11 is 0. The van der Waals surface area contributed by atoms with Gasteiger partial charge in [-0.05, 0) is 13.0 Å². The van der Waals surface area contributed by atoms with E-state index in [-0.39, 0.29) is 29.8 Å². The van der Waals surface area contributed by atoms with E-state index in [0.29, 0.717) is 18.8 Å². The number of carbonyl (C=O) groups is 2. The predicted octanol–water partition coefficient (Wildman–Crippen LogP) is 0.141. The molecule has 0 aromatic carbocycles. The fourth-order valence-electron chi connectivity index (χ4n) is 1.85. The molecule has 0 aliphatic carbocycles. The number of anilines is 2. The number of nitrogens with zero attached hydrogens (tertiary/aromatic N) is 1. The smallest absolute Gasteiger partial charge is 0.340 e. The lowest BCUT2D eigenvalue weighted by atomic mass is 10.2. The number of rotatable bonds is 4. The lowest BCUT2D eigenvalue weighted by Gasteiger charge is -2.12. The van der Waals surface area contributed by atoms with Crippen LogP contribution in [0.15, 0.2) is 12.3 Å². The van der Waals surface area contributed by atoms with Crippen LogP contribution in [-0.4, -0.2) is 36.1 Å². The number of ether oxygens (including phenoxy) is 1. The van der Waals surface area contributed by atoms with Crippen LogP contribution in [0.2, 0.25) is 0 Å². The minimum absolute atomic E-state index is 0.00133. The Morgan fingerprint density at radius 3 is 3.11 bits per heavy atom. The lowest BCUT2D eigenvalue weighted by Crippen LogP contribution is -2.23. The molecule has 19 heavy (non-hydrogen) atoms. The summed E-state index contributed by atoms with van der Waals surface area (Å²) in [7, 11) is 0. The van der Waals surface area contributed by atoms with Gasteiger partial charge in [-0.1, -0.05) is 0 Å². The molecular weight excluding hydrogens is 248 g/mol. The molecule has 1 aromatic rings. The quantitative estimate of drug-likeness (QED) is 0.668. The van der Waals surface area contributed by atoms with E-state index in [2.05, 4.69) is 15.6 Å². The highest BCUT2D eigenvalue weighted by atomic mass is 16.5. The number of hydrogen-bond donors (Lipinski definition) is 3. The summed E-state index contributed by atoms with van der Waals surface area (Å²) in [5.41, 5.74) is 6.24. The van der Waals surface area contributed by atoms with Crippen LogP contribution in [0.25, 0.3) is 0 Å². The fraction of sp³-hybridized carbons (Fsp3) is 0.417. The maximum absolute atomic E-state index is 11.7. The molecule has 1 aliphatic heterocycles. The topological polar surface area (TPSA) is 106 Å². The maximum Gasteiger partial charge on any atom is 0.340 e. The zero-order valence-corrected chi connectivity index (χ0v) is 10.6. The Morgan fingerprint density at radius 2 is 2.47 bits per heavy atom. The standard InChI is InChI=1S/C12H16N4O3/c1-2-19-12(18)8-4-10(14-6-9(8)13)16-7-3-11(17)15-5-7/h4,6-7H,2-3,5,13H2,1H3,(H,14,16)(H,15,17). The van der Waals surface area contributed by atoms with Crippen molar-refractivity contribution in [1.82, 2.24) is 10.3 Å².